The van der Waals surface area contributed by atoms with Crippen molar-refractivity contribution in [2.45, 2.75) is 0 Å². The zero-order chi connectivity index (χ0) is 10.8. The minimum Gasteiger partial charge on any atom is -0.475 e. The molecule has 6 heteroatoms. The van der Waals surface area contributed by atoms with Crippen molar-refractivity contribution in [3.63, 3.8) is 0 Å². The van der Waals surface area contributed by atoms with Crippen LogP contribution in [0.25, 0.3) is 11.3 Å². The molecule has 0 saturated carbocycles. The molecule has 76 valence electrons. The van der Waals surface area contributed by atoms with Crippen molar-refractivity contribution >= 4 is 21.9 Å². The van der Waals surface area contributed by atoms with Crippen LogP contribution >= 0.6 is 15.9 Å². The van der Waals surface area contributed by atoms with E-state index >= 15 is 0 Å². The number of halogens is 1. The Morgan fingerprint density at radius 1 is 1.47 bits per heavy atom. The minimum absolute atomic E-state index is 0.187. The van der Waals surface area contributed by atoms with Crippen LogP contribution in [0.1, 0.15) is 10.6 Å². The summed E-state index contributed by atoms with van der Waals surface area (Å²) < 4.78 is 5.32. The van der Waals surface area contributed by atoms with Crippen molar-refractivity contribution in [1.82, 2.24) is 10.1 Å². The van der Waals surface area contributed by atoms with Crippen LogP contribution in [0.3, 0.4) is 0 Å². The summed E-state index contributed by atoms with van der Waals surface area (Å²) in [6, 6.07) is 4.86. The first kappa shape index (κ1) is 9.85. The molecule has 0 saturated heterocycles. The van der Waals surface area contributed by atoms with Gasteiger partial charge in [-0.15, -0.1) is 0 Å². The molecule has 0 aliphatic rings. The normalized spacial score (nSPS) is 10.2. The molecule has 15 heavy (non-hydrogen) atoms. The van der Waals surface area contributed by atoms with Gasteiger partial charge in [0, 0.05) is 17.8 Å². The van der Waals surface area contributed by atoms with Gasteiger partial charge in [0.1, 0.15) is 10.3 Å². The number of pyridine rings is 1. The zero-order valence-electron chi connectivity index (χ0n) is 7.35. The summed E-state index contributed by atoms with van der Waals surface area (Å²) in [6.45, 7) is 0. The summed E-state index contributed by atoms with van der Waals surface area (Å²) in [4.78, 5) is 14.5. The van der Waals surface area contributed by atoms with Gasteiger partial charge in [0.15, 0.2) is 0 Å². The van der Waals surface area contributed by atoms with Gasteiger partial charge in [0.2, 0.25) is 5.76 Å². The highest BCUT2D eigenvalue weighted by Crippen LogP contribution is 2.19. The van der Waals surface area contributed by atoms with E-state index < -0.39 is 5.97 Å². The van der Waals surface area contributed by atoms with Gasteiger partial charge in [-0.05, 0) is 28.1 Å². The van der Waals surface area contributed by atoms with Gasteiger partial charge >= 0.3 is 5.97 Å². The summed E-state index contributed by atoms with van der Waals surface area (Å²) >= 11 is 3.20. The smallest absolute Gasteiger partial charge is 0.374 e. The Bertz CT molecular complexity index is 492. The van der Waals surface area contributed by atoms with Crippen LogP contribution in [0.2, 0.25) is 0 Å². The fourth-order valence-electron chi connectivity index (χ4n) is 1.04. The second-order valence-electron chi connectivity index (χ2n) is 2.75. The molecule has 2 heterocycles. The summed E-state index contributed by atoms with van der Waals surface area (Å²) in [5.74, 6) is -1.33. The third kappa shape index (κ3) is 2.04. The van der Waals surface area contributed by atoms with Gasteiger partial charge in [-0.2, -0.15) is 0 Å². The molecule has 2 aromatic rings. The van der Waals surface area contributed by atoms with Crippen molar-refractivity contribution in [1.29, 1.82) is 0 Å². The maximum Gasteiger partial charge on any atom is 0.374 e. The lowest BCUT2D eigenvalue weighted by Crippen LogP contribution is -1.91. The van der Waals surface area contributed by atoms with Crippen molar-refractivity contribution in [3.05, 3.63) is 34.8 Å². The first-order valence-corrected chi connectivity index (χ1v) is 4.78. The number of aromatic nitrogens is 2. The average molecular weight is 269 g/mol. The number of rotatable bonds is 2. The highest BCUT2D eigenvalue weighted by Gasteiger charge is 2.12. The molecule has 2 rings (SSSR count). The van der Waals surface area contributed by atoms with E-state index in [4.69, 9.17) is 5.11 Å². The molecule has 0 spiro atoms. The van der Waals surface area contributed by atoms with E-state index in [2.05, 4.69) is 30.6 Å². The first-order chi connectivity index (χ1) is 7.16. The highest BCUT2D eigenvalue weighted by atomic mass is 79.9. The fraction of sp³-hybridized carbons (Fsp3) is 0. The van der Waals surface area contributed by atoms with E-state index in [1.165, 1.54) is 6.07 Å². The Kier molecular flexibility index (Phi) is 2.51. The third-order valence-corrected chi connectivity index (χ3v) is 2.21. The van der Waals surface area contributed by atoms with Gasteiger partial charge < -0.3 is 9.63 Å². The van der Waals surface area contributed by atoms with Crippen LogP contribution < -0.4 is 0 Å². The molecule has 0 aromatic carbocycles. The standard InChI is InChI=1S/C9H5BrN2O3/c10-8-2-1-5(4-11-8)6-3-7(9(13)14)15-12-6/h1-4H,(H,13,14). The molecule has 0 bridgehead atoms. The predicted molar refractivity (Wildman–Crippen MR) is 54.4 cm³/mol. The first-order valence-electron chi connectivity index (χ1n) is 3.99. The molecule has 5 nitrogen and oxygen atoms in total. The Morgan fingerprint density at radius 3 is 2.80 bits per heavy atom. The van der Waals surface area contributed by atoms with E-state index in [0.717, 1.165) is 0 Å². The molecular weight excluding hydrogens is 264 g/mol. The van der Waals surface area contributed by atoms with E-state index in [1.54, 1.807) is 18.3 Å². The number of aromatic carboxylic acids is 1. The van der Waals surface area contributed by atoms with Crippen LogP contribution in [0.4, 0.5) is 0 Å². The van der Waals surface area contributed by atoms with Gasteiger partial charge in [0.05, 0.1) is 0 Å². The van der Waals surface area contributed by atoms with Crippen molar-refractivity contribution in [3.8, 4) is 11.3 Å². The molecule has 0 aliphatic carbocycles. The number of carboxylic acids is 1. The van der Waals surface area contributed by atoms with Crippen LogP contribution in [0.15, 0.2) is 33.5 Å². The van der Waals surface area contributed by atoms with Crippen LogP contribution in [-0.2, 0) is 0 Å². The van der Waals surface area contributed by atoms with Crippen molar-refractivity contribution in [2.75, 3.05) is 0 Å². The van der Waals surface area contributed by atoms with Gasteiger partial charge in [-0.25, -0.2) is 9.78 Å². The van der Waals surface area contributed by atoms with E-state index in [0.29, 0.717) is 15.9 Å². The minimum atomic E-state index is -1.14. The Balaban J connectivity index is 2.37. The molecule has 1 N–H and O–H groups in total. The van der Waals surface area contributed by atoms with Crippen LogP contribution in [0.5, 0.6) is 0 Å². The van der Waals surface area contributed by atoms with Crippen LogP contribution in [-0.4, -0.2) is 21.2 Å². The maximum absolute atomic E-state index is 10.5. The predicted octanol–water partition coefficient (Wildman–Crippen LogP) is 2.20. The lowest BCUT2D eigenvalue weighted by molar-refractivity contribution is 0.0652. The van der Waals surface area contributed by atoms with Gasteiger partial charge in [0.25, 0.3) is 0 Å². The van der Waals surface area contributed by atoms with Crippen molar-refractivity contribution < 1.29 is 14.4 Å². The van der Waals surface area contributed by atoms with E-state index in [1.807, 2.05) is 0 Å². The fourth-order valence-corrected chi connectivity index (χ4v) is 1.27. The molecule has 0 amide bonds. The molecule has 0 aliphatic heterocycles. The summed E-state index contributed by atoms with van der Waals surface area (Å²) in [5.41, 5.74) is 1.15. The zero-order valence-corrected chi connectivity index (χ0v) is 8.93. The highest BCUT2D eigenvalue weighted by molar-refractivity contribution is 9.10. The molecule has 0 radical (unpaired) electrons. The number of hydrogen-bond donors (Lipinski definition) is 1. The Labute approximate surface area is 92.9 Å². The van der Waals surface area contributed by atoms with Gasteiger partial charge in [-0.1, -0.05) is 5.16 Å². The molecule has 2 aromatic heterocycles. The summed E-state index contributed by atoms with van der Waals surface area (Å²) in [6.07, 6.45) is 1.58. The average Bonchev–Trinajstić information content (AvgIpc) is 2.68. The number of carboxylic acid groups (broad SMARTS) is 1. The quantitative estimate of drug-likeness (QED) is 0.845. The second kappa shape index (κ2) is 3.82. The largest absolute Gasteiger partial charge is 0.475 e. The number of nitrogens with zero attached hydrogens (tertiary/aromatic N) is 2. The topological polar surface area (TPSA) is 76.2 Å². The second-order valence-corrected chi connectivity index (χ2v) is 3.56. The summed E-state index contributed by atoms with van der Waals surface area (Å²) in [5, 5.41) is 12.3. The number of hydrogen-bond acceptors (Lipinski definition) is 4. The number of carbonyl (C=O) groups is 1. The third-order valence-electron chi connectivity index (χ3n) is 1.74. The monoisotopic (exact) mass is 268 g/mol. The molecule has 0 fully saturated rings. The van der Waals surface area contributed by atoms with Crippen molar-refractivity contribution in [2.24, 2.45) is 0 Å². The van der Waals surface area contributed by atoms with Gasteiger partial charge in [-0.3, -0.25) is 0 Å². The lowest BCUT2D eigenvalue weighted by atomic mass is 10.2. The molecule has 0 unspecified atom stereocenters. The molecule has 0 atom stereocenters. The summed E-state index contributed by atoms with van der Waals surface area (Å²) in [7, 11) is 0. The van der Waals surface area contributed by atoms with E-state index in [9.17, 15) is 4.79 Å². The maximum atomic E-state index is 10.5. The van der Waals surface area contributed by atoms with Crippen LogP contribution in [0, 0.1) is 0 Å². The SMILES string of the molecule is O=C(O)c1cc(-c2ccc(Br)nc2)no1. The Morgan fingerprint density at radius 2 is 2.27 bits per heavy atom. The Hall–Kier alpha value is -1.69. The lowest BCUT2D eigenvalue weighted by Gasteiger charge is -1.93. The molecular formula is C9H5BrN2O3. The van der Waals surface area contributed by atoms with E-state index in [-0.39, 0.29) is 5.76 Å².